The third-order valence-corrected chi connectivity index (χ3v) is 1.54. The van der Waals surface area contributed by atoms with Gasteiger partial charge in [0.1, 0.15) is 0 Å². The zero-order valence-electron chi connectivity index (χ0n) is 8.19. The number of aliphatic hydroxyl groups is 1. The van der Waals surface area contributed by atoms with Crippen molar-refractivity contribution in [2.75, 3.05) is 13.2 Å². The molecule has 1 unspecified atom stereocenters. The van der Waals surface area contributed by atoms with Gasteiger partial charge in [0.25, 0.3) is 0 Å². The van der Waals surface area contributed by atoms with E-state index < -0.39 is 37.2 Å². The molecule has 0 aromatic heterocycles. The average Bonchev–Trinajstić information content (AvgIpc) is 1.99. The molecule has 0 saturated heterocycles. The minimum absolute atomic E-state index is 0.796. The Kier molecular flexibility index (Phi) is 4.60. The Morgan fingerprint density at radius 3 is 1.75 bits per heavy atom. The van der Waals surface area contributed by atoms with Gasteiger partial charge in [0.2, 0.25) is 6.10 Å². The highest BCUT2D eigenvalue weighted by atomic mass is 19.4. The summed E-state index contributed by atoms with van der Waals surface area (Å²) in [6.45, 7) is -0.792. The summed E-state index contributed by atoms with van der Waals surface area (Å²) in [4.78, 5) is 0. The molecule has 0 bridgehead atoms. The summed E-state index contributed by atoms with van der Waals surface area (Å²) < 4.78 is 75.4. The molecule has 0 radical (unpaired) electrons. The maximum Gasteiger partial charge on any atom is 0.423 e. The molecule has 98 valence electrons. The molecule has 1 atom stereocenters. The molecule has 3 N–H and O–H groups in total. The second kappa shape index (κ2) is 4.76. The summed E-state index contributed by atoms with van der Waals surface area (Å²) in [5, 5.41) is 8.55. The van der Waals surface area contributed by atoms with Crippen LogP contribution in [0.25, 0.3) is 0 Å². The molecule has 0 aromatic rings. The maximum absolute atomic E-state index is 11.9. The second-order valence-corrected chi connectivity index (χ2v) is 3.59. The van der Waals surface area contributed by atoms with E-state index in [2.05, 4.69) is 4.74 Å². The van der Waals surface area contributed by atoms with Crippen molar-refractivity contribution < 1.29 is 36.2 Å². The van der Waals surface area contributed by atoms with Crippen molar-refractivity contribution in [3.8, 4) is 0 Å². The van der Waals surface area contributed by atoms with Gasteiger partial charge >= 0.3 is 12.4 Å². The first-order chi connectivity index (χ1) is 6.90. The van der Waals surface area contributed by atoms with E-state index in [0.29, 0.717) is 0 Å². The number of nitrogens with two attached hydrogens (primary N) is 1. The molecule has 0 rings (SSSR count). The predicted molar refractivity (Wildman–Crippen MR) is 41.5 cm³/mol. The first kappa shape index (κ1) is 15.5. The number of aliphatic hydroxyl groups excluding tert-OH is 1. The van der Waals surface area contributed by atoms with Crippen LogP contribution in [0.5, 0.6) is 0 Å². The lowest BCUT2D eigenvalue weighted by Crippen LogP contribution is -2.51. The zero-order chi connectivity index (χ0) is 13.2. The van der Waals surface area contributed by atoms with Crippen LogP contribution in [0.3, 0.4) is 0 Å². The van der Waals surface area contributed by atoms with Gasteiger partial charge in [-0.25, -0.2) is 0 Å². The third-order valence-electron chi connectivity index (χ3n) is 1.54. The van der Waals surface area contributed by atoms with Crippen molar-refractivity contribution in [2.45, 2.75) is 30.9 Å². The lowest BCUT2D eigenvalue weighted by atomic mass is 10.1. The van der Waals surface area contributed by atoms with Crippen LogP contribution in [-0.2, 0) is 4.74 Å². The number of rotatable bonds is 4. The molecule has 9 heteroatoms. The smallest absolute Gasteiger partial charge is 0.394 e. The van der Waals surface area contributed by atoms with Crippen LogP contribution in [0.1, 0.15) is 6.92 Å². The van der Waals surface area contributed by atoms with Crippen molar-refractivity contribution in [1.82, 2.24) is 0 Å². The van der Waals surface area contributed by atoms with Gasteiger partial charge in [0, 0.05) is 0 Å². The molecule has 0 fully saturated rings. The summed E-state index contributed by atoms with van der Waals surface area (Å²) in [7, 11) is 0. The number of hydrogen-bond donors (Lipinski definition) is 2. The highest BCUT2D eigenvalue weighted by Gasteiger charge is 2.58. The van der Waals surface area contributed by atoms with E-state index in [1.807, 2.05) is 0 Å². The molecular formula is C7H11F6NO2. The van der Waals surface area contributed by atoms with Crippen LogP contribution in [0.15, 0.2) is 0 Å². The number of alkyl halides is 6. The van der Waals surface area contributed by atoms with Crippen LogP contribution >= 0.6 is 0 Å². The van der Waals surface area contributed by atoms with E-state index >= 15 is 0 Å². The lowest BCUT2D eigenvalue weighted by Gasteiger charge is -2.28. The summed E-state index contributed by atoms with van der Waals surface area (Å²) in [5.74, 6) is 0. The van der Waals surface area contributed by atoms with Crippen LogP contribution in [-0.4, -0.2) is 42.3 Å². The molecule has 0 saturated carbocycles. The fourth-order valence-electron chi connectivity index (χ4n) is 0.694. The Morgan fingerprint density at radius 1 is 1.12 bits per heavy atom. The highest BCUT2D eigenvalue weighted by molar-refractivity contribution is 4.81. The number of ether oxygens (including phenoxy) is 1. The monoisotopic (exact) mass is 255 g/mol. The van der Waals surface area contributed by atoms with Gasteiger partial charge in [-0.15, -0.1) is 0 Å². The molecule has 0 amide bonds. The van der Waals surface area contributed by atoms with E-state index in [1.165, 1.54) is 0 Å². The van der Waals surface area contributed by atoms with E-state index in [-0.39, 0.29) is 0 Å². The van der Waals surface area contributed by atoms with Crippen molar-refractivity contribution in [1.29, 1.82) is 0 Å². The van der Waals surface area contributed by atoms with Crippen LogP contribution in [0.2, 0.25) is 0 Å². The molecule has 0 aliphatic carbocycles. The first-order valence-electron chi connectivity index (χ1n) is 4.05. The van der Waals surface area contributed by atoms with Crippen LogP contribution in [0, 0.1) is 0 Å². The minimum Gasteiger partial charge on any atom is -0.394 e. The van der Waals surface area contributed by atoms with E-state index in [1.54, 1.807) is 0 Å². The molecule has 0 heterocycles. The molecule has 0 aromatic carbocycles. The van der Waals surface area contributed by atoms with E-state index in [0.717, 1.165) is 6.92 Å². The Labute approximate surface area is 87.2 Å². The molecule has 16 heavy (non-hydrogen) atoms. The summed E-state index contributed by atoms with van der Waals surface area (Å²) in [6.07, 6.45) is -15.0. The maximum atomic E-state index is 11.9. The van der Waals surface area contributed by atoms with E-state index in [4.69, 9.17) is 10.8 Å². The molecular weight excluding hydrogens is 244 g/mol. The minimum atomic E-state index is -5.57. The Bertz CT molecular complexity index is 210. The van der Waals surface area contributed by atoms with Crippen LogP contribution in [0.4, 0.5) is 26.3 Å². The van der Waals surface area contributed by atoms with Crippen molar-refractivity contribution in [2.24, 2.45) is 5.73 Å². The van der Waals surface area contributed by atoms with Crippen molar-refractivity contribution in [3.63, 3.8) is 0 Å². The third kappa shape index (κ3) is 4.99. The zero-order valence-corrected chi connectivity index (χ0v) is 8.19. The largest absolute Gasteiger partial charge is 0.423 e. The quantitative estimate of drug-likeness (QED) is 0.742. The van der Waals surface area contributed by atoms with Gasteiger partial charge in [0.05, 0.1) is 18.8 Å². The fraction of sp³-hybridized carbons (Fsp3) is 1.00. The SMILES string of the molecule is CC(N)(CO)COC(C(F)(F)F)C(F)(F)F. The molecule has 0 spiro atoms. The normalized spacial score (nSPS) is 17.6. The Hall–Kier alpha value is -0.540. The predicted octanol–water partition coefficient (Wildman–Crippen LogP) is 1.21. The van der Waals surface area contributed by atoms with E-state index in [9.17, 15) is 26.3 Å². The Morgan fingerprint density at radius 2 is 1.50 bits per heavy atom. The summed E-state index contributed by atoms with van der Waals surface area (Å²) in [5.41, 5.74) is 3.48. The van der Waals surface area contributed by atoms with Gasteiger partial charge in [0.15, 0.2) is 0 Å². The molecule has 3 nitrogen and oxygen atoms in total. The van der Waals surface area contributed by atoms with Gasteiger partial charge < -0.3 is 15.6 Å². The second-order valence-electron chi connectivity index (χ2n) is 3.59. The van der Waals surface area contributed by atoms with Crippen LogP contribution < -0.4 is 5.73 Å². The molecule has 0 aliphatic rings. The number of halogens is 6. The summed E-state index contributed by atoms with van der Waals surface area (Å²) in [6, 6.07) is 0. The first-order valence-corrected chi connectivity index (χ1v) is 4.05. The summed E-state index contributed by atoms with van der Waals surface area (Å²) >= 11 is 0. The average molecular weight is 255 g/mol. The standard InChI is InChI=1S/C7H11F6NO2/c1-5(14,2-15)3-16-4(6(8,9)10)7(11,12)13/h4,15H,2-3,14H2,1H3. The van der Waals surface area contributed by atoms with Crippen molar-refractivity contribution in [3.05, 3.63) is 0 Å². The van der Waals surface area contributed by atoms with Gasteiger partial charge in [-0.1, -0.05) is 0 Å². The van der Waals surface area contributed by atoms with Gasteiger partial charge in [-0.3, -0.25) is 0 Å². The number of hydrogen-bond acceptors (Lipinski definition) is 3. The Balaban J connectivity index is 4.61. The lowest BCUT2D eigenvalue weighted by molar-refractivity contribution is -0.324. The van der Waals surface area contributed by atoms with Gasteiger partial charge in [-0.2, -0.15) is 26.3 Å². The fourth-order valence-corrected chi connectivity index (χ4v) is 0.694. The highest BCUT2D eigenvalue weighted by Crippen LogP contribution is 2.35. The van der Waals surface area contributed by atoms with Gasteiger partial charge in [-0.05, 0) is 6.92 Å². The molecule has 0 aliphatic heterocycles. The van der Waals surface area contributed by atoms with Crippen molar-refractivity contribution >= 4 is 0 Å². The topological polar surface area (TPSA) is 55.5 Å².